The van der Waals surface area contributed by atoms with Gasteiger partial charge in [0.1, 0.15) is 11.3 Å². The maximum Gasteiger partial charge on any atom is 0.375 e. The van der Waals surface area contributed by atoms with Crippen LogP contribution in [0.25, 0.3) is 11.0 Å². The van der Waals surface area contributed by atoms with Crippen LogP contribution >= 0.6 is 0 Å². The van der Waals surface area contributed by atoms with Gasteiger partial charge < -0.3 is 18.9 Å². The van der Waals surface area contributed by atoms with E-state index in [1.165, 1.54) is 13.8 Å². The van der Waals surface area contributed by atoms with Gasteiger partial charge >= 0.3 is 5.97 Å². The number of H-pyrrole nitrogens is 1. The van der Waals surface area contributed by atoms with E-state index in [2.05, 4.69) is 4.98 Å². The van der Waals surface area contributed by atoms with Crippen LogP contribution in [0.5, 0.6) is 5.75 Å². The molecule has 0 saturated carbocycles. The van der Waals surface area contributed by atoms with Crippen molar-refractivity contribution < 1.29 is 28.3 Å². The predicted molar refractivity (Wildman–Crippen MR) is 112 cm³/mol. The van der Waals surface area contributed by atoms with Gasteiger partial charge in [0.05, 0.1) is 12.3 Å². The lowest BCUT2D eigenvalue weighted by molar-refractivity contribution is 0.0288. The molecule has 2 heterocycles. The van der Waals surface area contributed by atoms with Crippen molar-refractivity contribution in [3.63, 3.8) is 0 Å². The molecule has 0 spiro atoms. The van der Waals surface area contributed by atoms with E-state index in [0.717, 1.165) is 5.39 Å². The zero-order valence-corrected chi connectivity index (χ0v) is 18.0. The molecule has 0 bridgehead atoms. The number of carbonyl (C=O) groups excluding carboxylic acids is 3. The third-order valence-electron chi connectivity index (χ3n) is 5.09. The average molecular weight is 411 g/mol. The second-order valence-electron chi connectivity index (χ2n) is 7.24. The monoisotopic (exact) mass is 411 g/mol. The molecule has 0 saturated heterocycles. The Morgan fingerprint density at radius 3 is 2.43 bits per heavy atom. The van der Waals surface area contributed by atoms with Gasteiger partial charge in [-0.1, -0.05) is 0 Å². The minimum atomic E-state index is -1.05. The number of furan rings is 1. The summed E-state index contributed by atoms with van der Waals surface area (Å²) < 4.78 is 16.5. The van der Waals surface area contributed by atoms with Crippen molar-refractivity contribution in [3.8, 4) is 5.75 Å². The number of Topliss-reactive ketones (excluding diaryl/α,β-unsaturated/α-hetero) is 2. The summed E-state index contributed by atoms with van der Waals surface area (Å²) in [5, 5.41) is 0.744. The van der Waals surface area contributed by atoms with E-state index in [4.69, 9.17) is 13.9 Å². The Bertz CT molecular complexity index is 1150. The Kier molecular flexibility index (Phi) is 5.82. The fourth-order valence-corrected chi connectivity index (χ4v) is 3.65. The Morgan fingerprint density at radius 1 is 1.13 bits per heavy atom. The van der Waals surface area contributed by atoms with Gasteiger partial charge in [0.25, 0.3) is 0 Å². The number of aryl methyl sites for hydroxylation is 2. The molecule has 1 aromatic carbocycles. The Morgan fingerprint density at radius 2 is 1.83 bits per heavy atom. The normalized spacial score (nSPS) is 12.1. The lowest BCUT2D eigenvalue weighted by Crippen LogP contribution is -2.25. The molecule has 0 fully saturated rings. The maximum absolute atomic E-state index is 12.8. The maximum atomic E-state index is 12.8. The number of hydrogen-bond donors (Lipinski definition) is 1. The molecule has 0 aliphatic rings. The summed E-state index contributed by atoms with van der Waals surface area (Å²) in [6.07, 6.45) is -1.05. The SMILES string of the molecule is CCOc1ccc2oc(C(=O)O[C@H](C)C(=O)c3[nH]c(C)c(C(C)=O)c3C)c(C)c2c1. The van der Waals surface area contributed by atoms with Crippen molar-refractivity contribution >= 4 is 28.5 Å². The number of carbonyl (C=O) groups is 3. The molecular formula is C23H25NO6. The van der Waals surface area contributed by atoms with Gasteiger partial charge in [-0.05, 0) is 65.3 Å². The van der Waals surface area contributed by atoms with Crippen LogP contribution in [-0.4, -0.2) is 35.2 Å². The van der Waals surface area contributed by atoms with Crippen LogP contribution in [0.4, 0.5) is 0 Å². The van der Waals surface area contributed by atoms with Crippen LogP contribution < -0.4 is 4.74 Å². The predicted octanol–water partition coefficient (Wildman–Crippen LogP) is 4.72. The van der Waals surface area contributed by atoms with Crippen LogP contribution in [0.2, 0.25) is 0 Å². The summed E-state index contributed by atoms with van der Waals surface area (Å²) in [5.74, 6) is -0.549. The van der Waals surface area contributed by atoms with Crippen LogP contribution in [0.15, 0.2) is 22.6 Å². The molecule has 0 aliphatic heterocycles. The van der Waals surface area contributed by atoms with E-state index < -0.39 is 17.9 Å². The highest BCUT2D eigenvalue weighted by Crippen LogP contribution is 2.30. The molecular weight excluding hydrogens is 386 g/mol. The van der Waals surface area contributed by atoms with Gasteiger partial charge in [-0.25, -0.2) is 4.79 Å². The summed E-state index contributed by atoms with van der Waals surface area (Å²) in [6, 6.07) is 5.30. The van der Waals surface area contributed by atoms with E-state index in [1.807, 2.05) is 6.92 Å². The summed E-state index contributed by atoms with van der Waals surface area (Å²) in [7, 11) is 0. The zero-order valence-electron chi connectivity index (χ0n) is 18.0. The average Bonchev–Trinajstić information content (AvgIpc) is 3.17. The Hall–Kier alpha value is -3.35. The molecule has 0 amide bonds. The first-order valence-electron chi connectivity index (χ1n) is 9.76. The number of nitrogens with one attached hydrogen (secondary N) is 1. The summed E-state index contributed by atoms with van der Waals surface area (Å²) >= 11 is 0. The zero-order chi connectivity index (χ0) is 22.2. The van der Waals surface area contributed by atoms with Crippen molar-refractivity contribution in [2.45, 2.75) is 47.6 Å². The van der Waals surface area contributed by atoms with Crippen LogP contribution in [0, 0.1) is 20.8 Å². The van der Waals surface area contributed by atoms with E-state index in [0.29, 0.717) is 40.3 Å². The van der Waals surface area contributed by atoms with E-state index in [9.17, 15) is 14.4 Å². The van der Waals surface area contributed by atoms with Crippen molar-refractivity contribution in [3.05, 3.63) is 52.0 Å². The quantitative estimate of drug-likeness (QED) is 0.446. The number of benzene rings is 1. The van der Waals surface area contributed by atoms with Crippen molar-refractivity contribution in [2.75, 3.05) is 6.61 Å². The first-order valence-corrected chi connectivity index (χ1v) is 9.76. The Balaban J connectivity index is 1.84. The molecule has 2 aromatic heterocycles. The van der Waals surface area contributed by atoms with Gasteiger partial charge in [0.2, 0.25) is 11.5 Å². The molecule has 0 radical (unpaired) electrons. The second-order valence-corrected chi connectivity index (χ2v) is 7.24. The summed E-state index contributed by atoms with van der Waals surface area (Å²) in [5.41, 5.74) is 3.05. The largest absolute Gasteiger partial charge is 0.494 e. The van der Waals surface area contributed by atoms with Gasteiger partial charge in [-0.2, -0.15) is 0 Å². The lowest BCUT2D eigenvalue weighted by atomic mass is 10.0. The van der Waals surface area contributed by atoms with E-state index in [-0.39, 0.29) is 17.2 Å². The van der Waals surface area contributed by atoms with Crippen LogP contribution in [0.1, 0.15) is 69.0 Å². The van der Waals surface area contributed by atoms with Gasteiger partial charge in [-0.15, -0.1) is 0 Å². The molecule has 0 aliphatic carbocycles. The molecule has 7 nitrogen and oxygen atoms in total. The van der Waals surface area contributed by atoms with E-state index in [1.54, 1.807) is 39.0 Å². The van der Waals surface area contributed by atoms with Crippen LogP contribution in [-0.2, 0) is 4.74 Å². The molecule has 0 unspecified atom stereocenters. The minimum absolute atomic E-state index is 0.0436. The topological polar surface area (TPSA) is 98.6 Å². The van der Waals surface area contributed by atoms with Crippen molar-refractivity contribution in [2.24, 2.45) is 0 Å². The third kappa shape index (κ3) is 3.75. The molecule has 7 heteroatoms. The fraction of sp³-hybridized carbons (Fsp3) is 0.348. The van der Waals surface area contributed by atoms with Gasteiger partial charge in [-0.3, -0.25) is 9.59 Å². The Labute approximate surface area is 174 Å². The highest BCUT2D eigenvalue weighted by Gasteiger charge is 2.28. The smallest absolute Gasteiger partial charge is 0.375 e. The first-order chi connectivity index (χ1) is 14.1. The van der Waals surface area contributed by atoms with Crippen molar-refractivity contribution in [1.29, 1.82) is 0 Å². The number of aromatic nitrogens is 1. The van der Waals surface area contributed by atoms with Crippen LogP contribution in [0.3, 0.4) is 0 Å². The molecule has 1 atom stereocenters. The fourth-order valence-electron chi connectivity index (χ4n) is 3.65. The number of hydrogen-bond acceptors (Lipinski definition) is 6. The number of esters is 1. The lowest BCUT2D eigenvalue weighted by Gasteiger charge is -2.11. The van der Waals surface area contributed by atoms with E-state index >= 15 is 0 Å². The number of fused-ring (bicyclic) bond motifs is 1. The first kappa shape index (κ1) is 21.4. The molecule has 158 valence electrons. The second kappa shape index (κ2) is 8.18. The summed E-state index contributed by atoms with van der Waals surface area (Å²) in [6.45, 7) is 10.5. The van der Waals surface area contributed by atoms with Crippen molar-refractivity contribution in [1.82, 2.24) is 4.98 Å². The minimum Gasteiger partial charge on any atom is -0.494 e. The van der Waals surface area contributed by atoms with Gasteiger partial charge in [0.15, 0.2) is 11.9 Å². The number of ether oxygens (including phenoxy) is 2. The van der Waals surface area contributed by atoms with Gasteiger partial charge in [0, 0.05) is 22.2 Å². The number of rotatable bonds is 7. The molecule has 30 heavy (non-hydrogen) atoms. The number of ketones is 2. The molecule has 3 aromatic rings. The molecule has 1 N–H and O–H groups in total. The summed E-state index contributed by atoms with van der Waals surface area (Å²) in [4.78, 5) is 40.3. The highest BCUT2D eigenvalue weighted by molar-refractivity contribution is 6.06. The molecule has 3 rings (SSSR count). The number of aromatic amines is 1. The highest BCUT2D eigenvalue weighted by atomic mass is 16.6. The third-order valence-corrected chi connectivity index (χ3v) is 5.09. The standard InChI is InChI=1S/C23H25NO6/c1-7-28-16-8-9-18-17(10-16)11(2)22(30-18)23(27)29-15(6)21(26)20-12(3)19(14(5)25)13(4)24-20/h8-10,15,24H,7H2,1-6H3/t15-/m1/s1.